The Morgan fingerprint density at radius 2 is 2.00 bits per heavy atom. The first-order chi connectivity index (χ1) is 9.38. The van der Waals surface area contributed by atoms with Gasteiger partial charge < -0.3 is 0 Å². The van der Waals surface area contributed by atoms with Crippen molar-refractivity contribution in [1.29, 1.82) is 0 Å². The smallest absolute Gasteiger partial charge is 0.106 e. The first kappa shape index (κ1) is 12.5. The summed E-state index contributed by atoms with van der Waals surface area (Å²) in [6.07, 6.45) is 11.0. The van der Waals surface area contributed by atoms with Gasteiger partial charge in [0.05, 0.1) is 0 Å². The highest BCUT2D eigenvalue weighted by atomic mass is 14.2. The molecule has 1 heterocycles. The van der Waals surface area contributed by atoms with Crippen LogP contribution in [-0.2, 0) is 0 Å². The van der Waals surface area contributed by atoms with Crippen molar-refractivity contribution in [2.45, 2.75) is 32.0 Å². The molecular formula is C18H21B. The van der Waals surface area contributed by atoms with Gasteiger partial charge in [0.1, 0.15) is 0 Å². The Kier molecular flexibility index (Phi) is 3.73. The van der Waals surface area contributed by atoms with Crippen LogP contribution < -0.4 is 5.46 Å². The summed E-state index contributed by atoms with van der Waals surface area (Å²) in [5.74, 6) is 3.05. The van der Waals surface area contributed by atoms with Crippen molar-refractivity contribution < 1.29 is 0 Å². The summed E-state index contributed by atoms with van der Waals surface area (Å²) in [6.45, 7) is 4.62. The molecule has 1 aromatic rings. The summed E-state index contributed by atoms with van der Waals surface area (Å²) in [4.78, 5) is 0. The van der Waals surface area contributed by atoms with Gasteiger partial charge in [0.2, 0.25) is 6.71 Å². The Hall–Kier alpha value is -1.50. The molecule has 3 rings (SSSR count). The Morgan fingerprint density at radius 3 is 2.68 bits per heavy atom. The Bertz CT molecular complexity index is 510. The van der Waals surface area contributed by atoms with Crippen LogP contribution in [0.4, 0.5) is 0 Å². The molecule has 0 saturated carbocycles. The molecule has 0 nitrogen and oxygen atoms in total. The molecule has 2 aliphatic rings. The summed E-state index contributed by atoms with van der Waals surface area (Å²) >= 11 is 0. The van der Waals surface area contributed by atoms with Gasteiger partial charge in [0, 0.05) is 0 Å². The fraction of sp³-hybridized carbons (Fsp3) is 0.333. The van der Waals surface area contributed by atoms with Crippen LogP contribution in [0.5, 0.6) is 0 Å². The van der Waals surface area contributed by atoms with E-state index >= 15 is 0 Å². The number of allylic oxidation sites excluding steroid dienone is 4. The van der Waals surface area contributed by atoms with Crippen molar-refractivity contribution in [2.24, 2.45) is 5.92 Å². The van der Waals surface area contributed by atoms with Crippen molar-refractivity contribution in [1.82, 2.24) is 0 Å². The van der Waals surface area contributed by atoms with E-state index in [4.69, 9.17) is 0 Å². The van der Waals surface area contributed by atoms with E-state index in [-0.39, 0.29) is 0 Å². The highest BCUT2D eigenvalue weighted by Crippen LogP contribution is 2.36. The van der Waals surface area contributed by atoms with Gasteiger partial charge in [-0.1, -0.05) is 59.8 Å². The number of rotatable bonds is 3. The normalized spacial score (nSPS) is 22.9. The quantitative estimate of drug-likeness (QED) is 0.556. The van der Waals surface area contributed by atoms with E-state index in [1.54, 1.807) is 11.1 Å². The van der Waals surface area contributed by atoms with Crippen molar-refractivity contribution in [2.75, 3.05) is 0 Å². The summed E-state index contributed by atoms with van der Waals surface area (Å²) in [5, 5.41) is 0. The lowest BCUT2D eigenvalue weighted by Crippen LogP contribution is -2.26. The van der Waals surface area contributed by atoms with Crippen LogP contribution in [0, 0.1) is 5.92 Å². The maximum absolute atomic E-state index is 4.05. The predicted octanol–water partition coefficient (Wildman–Crippen LogP) is 4.17. The zero-order chi connectivity index (χ0) is 13.1. The van der Waals surface area contributed by atoms with Crippen LogP contribution in [0.2, 0.25) is 6.32 Å². The molecule has 1 atom stereocenters. The molecule has 0 amide bonds. The van der Waals surface area contributed by atoms with Crippen LogP contribution in [0.1, 0.15) is 25.7 Å². The third-order valence-corrected chi connectivity index (χ3v) is 4.46. The summed E-state index contributed by atoms with van der Waals surface area (Å²) in [7, 11) is 0. The van der Waals surface area contributed by atoms with E-state index in [1.807, 2.05) is 0 Å². The Labute approximate surface area is 117 Å². The molecule has 0 radical (unpaired) electrons. The second-order valence-corrected chi connectivity index (χ2v) is 5.69. The highest BCUT2D eigenvalue weighted by molar-refractivity contribution is 6.78. The topological polar surface area (TPSA) is 0 Å². The van der Waals surface area contributed by atoms with E-state index < -0.39 is 0 Å². The molecule has 1 aromatic carbocycles. The zero-order valence-electron chi connectivity index (χ0n) is 11.5. The van der Waals surface area contributed by atoms with Crippen molar-refractivity contribution >= 4 is 12.2 Å². The largest absolute Gasteiger partial charge is 0.202 e. The predicted molar refractivity (Wildman–Crippen MR) is 85.0 cm³/mol. The second-order valence-electron chi connectivity index (χ2n) is 5.69. The minimum absolute atomic E-state index is 0.551. The van der Waals surface area contributed by atoms with Gasteiger partial charge in [-0.05, 0) is 37.2 Å². The second kappa shape index (κ2) is 5.65. The molecule has 0 fully saturated rings. The Balaban J connectivity index is 1.88. The minimum atomic E-state index is 0.551. The molecule has 0 spiro atoms. The SMILES string of the molecule is C=C[C@H]1CB(c2ccccc2)C=C1C1=CCCCC1. The van der Waals surface area contributed by atoms with Gasteiger partial charge in [-0.3, -0.25) is 0 Å². The molecule has 0 N–H and O–H groups in total. The molecule has 1 aliphatic heterocycles. The lowest BCUT2D eigenvalue weighted by Gasteiger charge is -2.18. The van der Waals surface area contributed by atoms with E-state index in [1.165, 1.54) is 37.5 Å². The van der Waals surface area contributed by atoms with E-state index in [0.29, 0.717) is 12.6 Å². The molecule has 0 bridgehead atoms. The van der Waals surface area contributed by atoms with Crippen molar-refractivity contribution in [3.05, 3.63) is 66.2 Å². The lowest BCUT2D eigenvalue weighted by atomic mass is 9.44. The van der Waals surface area contributed by atoms with Gasteiger partial charge in [-0.25, -0.2) is 0 Å². The molecular weight excluding hydrogens is 227 g/mol. The number of hydrogen-bond donors (Lipinski definition) is 0. The van der Waals surface area contributed by atoms with E-state index in [0.717, 1.165) is 0 Å². The average Bonchev–Trinajstić information content (AvgIpc) is 2.93. The Morgan fingerprint density at radius 1 is 1.16 bits per heavy atom. The summed E-state index contributed by atoms with van der Waals surface area (Å²) in [6, 6.07) is 10.9. The monoisotopic (exact) mass is 248 g/mol. The summed E-state index contributed by atoms with van der Waals surface area (Å²) < 4.78 is 0. The molecule has 1 aliphatic carbocycles. The highest BCUT2D eigenvalue weighted by Gasteiger charge is 2.29. The first-order valence-corrected chi connectivity index (χ1v) is 7.47. The van der Waals surface area contributed by atoms with Crippen LogP contribution in [-0.4, -0.2) is 6.71 Å². The third kappa shape index (κ3) is 2.61. The maximum Gasteiger partial charge on any atom is 0.202 e. The standard InChI is InChI=1S/C18H21B/c1-2-15-13-19(17-11-7-4-8-12-17)14-18(15)16-9-5-3-6-10-16/h2,4,7-9,11-12,14-15H,1,3,5-6,10,13H2/t15-/m0/s1. The van der Waals surface area contributed by atoms with Gasteiger partial charge >= 0.3 is 0 Å². The van der Waals surface area contributed by atoms with Crippen LogP contribution >= 0.6 is 0 Å². The van der Waals surface area contributed by atoms with Crippen LogP contribution in [0.15, 0.2) is 66.2 Å². The van der Waals surface area contributed by atoms with Gasteiger partial charge in [-0.2, -0.15) is 0 Å². The molecule has 1 heteroatoms. The fourth-order valence-corrected chi connectivity index (χ4v) is 3.41. The molecule has 0 unspecified atom stereocenters. The van der Waals surface area contributed by atoms with Gasteiger partial charge in [-0.15, -0.1) is 12.6 Å². The van der Waals surface area contributed by atoms with Gasteiger partial charge in [0.15, 0.2) is 0 Å². The fourth-order valence-electron chi connectivity index (χ4n) is 3.41. The van der Waals surface area contributed by atoms with Crippen LogP contribution in [0.3, 0.4) is 0 Å². The average molecular weight is 248 g/mol. The van der Waals surface area contributed by atoms with Crippen LogP contribution in [0.25, 0.3) is 0 Å². The number of benzene rings is 1. The zero-order valence-corrected chi connectivity index (χ0v) is 11.5. The van der Waals surface area contributed by atoms with E-state index in [2.05, 4.69) is 55.0 Å². The maximum atomic E-state index is 4.05. The van der Waals surface area contributed by atoms with E-state index in [9.17, 15) is 0 Å². The molecule has 0 saturated heterocycles. The van der Waals surface area contributed by atoms with Crippen molar-refractivity contribution in [3.63, 3.8) is 0 Å². The molecule has 96 valence electrons. The number of hydrogen-bond acceptors (Lipinski definition) is 0. The van der Waals surface area contributed by atoms with Crippen molar-refractivity contribution in [3.8, 4) is 0 Å². The first-order valence-electron chi connectivity index (χ1n) is 7.47. The molecule has 19 heavy (non-hydrogen) atoms. The molecule has 0 aromatic heterocycles. The third-order valence-electron chi connectivity index (χ3n) is 4.46. The van der Waals surface area contributed by atoms with Gasteiger partial charge in [0.25, 0.3) is 0 Å². The summed E-state index contributed by atoms with van der Waals surface area (Å²) in [5.41, 5.74) is 4.60. The minimum Gasteiger partial charge on any atom is -0.106 e. The lowest BCUT2D eigenvalue weighted by molar-refractivity contribution is 0.692.